The van der Waals surface area contributed by atoms with Crippen molar-refractivity contribution >= 4 is 11.8 Å². The number of carbonyl (C=O) groups is 2. The molecule has 20 heavy (non-hydrogen) atoms. The molecule has 2 fully saturated rings. The number of hydrogen-bond acceptors (Lipinski definition) is 2. The number of carbonyl (C=O) groups excluding carboxylic acids is 2. The lowest BCUT2D eigenvalue weighted by atomic mass is 9.83. The molecule has 0 aromatic rings. The molecule has 1 N–H and O–H groups in total. The maximum absolute atomic E-state index is 12.8. The molecule has 2 aliphatic rings. The molecule has 1 saturated heterocycles. The topological polar surface area (TPSA) is 49.4 Å². The molecule has 2 amide bonds. The molecular formula is C16H28N2O2. The summed E-state index contributed by atoms with van der Waals surface area (Å²) in [7, 11) is 0. The minimum atomic E-state index is -0.286. The molecule has 2 unspecified atom stereocenters. The molecule has 114 valence electrons. The fourth-order valence-electron chi connectivity index (χ4n) is 3.52. The first-order chi connectivity index (χ1) is 9.49. The second-order valence-electron chi connectivity index (χ2n) is 6.88. The highest BCUT2D eigenvalue weighted by atomic mass is 16.2. The SMILES string of the molecule is CC(C)CN1C(=O)C(C2CCCCC2)NC(=O)CC1C. The van der Waals surface area contributed by atoms with Crippen LogP contribution in [0.25, 0.3) is 0 Å². The molecule has 4 heteroatoms. The van der Waals surface area contributed by atoms with E-state index in [4.69, 9.17) is 0 Å². The van der Waals surface area contributed by atoms with Crippen LogP contribution < -0.4 is 5.32 Å². The summed E-state index contributed by atoms with van der Waals surface area (Å²) in [5.41, 5.74) is 0. The van der Waals surface area contributed by atoms with E-state index in [2.05, 4.69) is 19.2 Å². The van der Waals surface area contributed by atoms with E-state index in [1.54, 1.807) is 0 Å². The minimum Gasteiger partial charge on any atom is -0.344 e. The Bertz CT molecular complexity index is 361. The Labute approximate surface area is 122 Å². The molecule has 0 radical (unpaired) electrons. The van der Waals surface area contributed by atoms with Crippen LogP contribution in [-0.2, 0) is 9.59 Å². The first kappa shape index (κ1) is 15.3. The van der Waals surface area contributed by atoms with Gasteiger partial charge in [0.1, 0.15) is 6.04 Å². The van der Waals surface area contributed by atoms with Crippen LogP contribution in [0, 0.1) is 11.8 Å². The van der Waals surface area contributed by atoms with Gasteiger partial charge in [0.2, 0.25) is 11.8 Å². The van der Waals surface area contributed by atoms with Crippen molar-refractivity contribution in [1.82, 2.24) is 10.2 Å². The maximum atomic E-state index is 12.8. The summed E-state index contributed by atoms with van der Waals surface area (Å²) in [4.78, 5) is 26.8. The summed E-state index contributed by atoms with van der Waals surface area (Å²) in [6.07, 6.45) is 6.20. The van der Waals surface area contributed by atoms with Crippen molar-refractivity contribution in [3.63, 3.8) is 0 Å². The van der Waals surface area contributed by atoms with E-state index in [0.29, 0.717) is 18.3 Å². The fraction of sp³-hybridized carbons (Fsp3) is 0.875. The predicted octanol–water partition coefficient (Wildman–Crippen LogP) is 2.33. The van der Waals surface area contributed by atoms with Crippen LogP contribution >= 0.6 is 0 Å². The third-order valence-corrected chi connectivity index (χ3v) is 4.56. The van der Waals surface area contributed by atoms with Gasteiger partial charge in [0.15, 0.2) is 0 Å². The molecule has 1 saturated carbocycles. The molecular weight excluding hydrogens is 252 g/mol. The van der Waals surface area contributed by atoms with Crippen LogP contribution in [-0.4, -0.2) is 35.3 Å². The first-order valence-corrected chi connectivity index (χ1v) is 8.09. The highest BCUT2D eigenvalue weighted by Crippen LogP contribution is 2.29. The van der Waals surface area contributed by atoms with Crippen molar-refractivity contribution < 1.29 is 9.59 Å². The van der Waals surface area contributed by atoms with Gasteiger partial charge >= 0.3 is 0 Å². The van der Waals surface area contributed by atoms with Crippen LogP contribution in [0.4, 0.5) is 0 Å². The maximum Gasteiger partial charge on any atom is 0.245 e. The molecule has 0 spiro atoms. The highest BCUT2D eigenvalue weighted by molar-refractivity contribution is 5.90. The van der Waals surface area contributed by atoms with Gasteiger partial charge in [0.05, 0.1) is 0 Å². The van der Waals surface area contributed by atoms with Gasteiger partial charge in [-0.3, -0.25) is 9.59 Å². The smallest absolute Gasteiger partial charge is 0.245 e. The van der Waals surface area contributed by atoms with E-state index in [9.17, 15) is 9.59 Å². The van der Waals surface area contributed by atoms with Gasteiger partial charge in [-0.2, -0.15) is 0 Å². The summed E-state index contributed by atoms with van der Waals surface area (Å²) in [6.45, 7) is 6.98. The molecule has 2 atom stereocenters. The average Bonchev–Trinajstić information content (AvgIpc) is 2.51. The quantitative estimate of drug-likeness (QED) is 0.862. The minimum absolute atomic E-state index is 0.0125. The van der Waals surface area contributed by atoms with Gasteiger partial charge in [-0.15, -0.1) is 0 Å². The molecule has 0 bridgehead atoms. The van der Waals surface area contributed by atoms with Crippen molar-refractivity contribution in [1.29, 1.82) is 0 Å². The molecule has 0 aromatic carbocycles. The summed E-state index contributed by atoms with van der Waals surface area (Å²) in [6, 6.07) is -0.273. The molecule has 2 rings (SSSR count). The third kappa shape index (κ3) is 3.53. The van der Waals surface area contributed by atoms with E-state index in [-0.39, 0.29) is 23.9 Å². The molecule has 0 aromatic heterocycles. The largest absolute Gasteiger partial charge is 0.344 e. The number of hydrogen-bond donors (Lipinski definition) is 1. The lowest BCUT2D eigenvalue weighted by Gasteiger charge is -2.34. The van der Waals surface area contributed by atoms with Crippen LogP contribution in [0.2, 0.25) is 0 Å². The average molecular weight is 280 g/mol. The molecule has 4 nitrogen and oxygen atoms in total. The number of nitrogens with one attached hydrogen (secondary N) is 1. The van der Waals surface area contributed by atoms with Crippen molar-refractivity contribution in [2.45, 2.75) is 71.4 Å². The van der Waals surface area contributed by atoms with Gasteiger partial charge in [-0.05, 0) is 31.6 Å². The van der Waals surface area contributed by atoms with Crippen LogP contribution in [0.15, 0.2) is 0 Å². The second kappa shape index (κ2) is 6.59. The normalized spacial score (nSPS) is 29.5. The zero-order valence-corrected chi connectivity index (χ0v) is 13.0. The van der Waals surface area contributed by atoms with Gasteiger partial charge in [0.25, 0.3) is 0 Å². The van der Waals surface area contributed by atoms with E-state index in [1.165, 1.54) is 19.3 Å². The van der Waals surface area contributed by atoms with Crippen LogP contribution in [0.3, 0.4) is 0 Å². The Kier molecular flexibility index (Phi) is 5.06. The Balaban J connectivity index is 2.16. The first-order valence-electron chi connectivity index (χ1n) is 8.09. The zero-order chi connectivity index (χ0) is 14.7. The Morgan fingerprint density at radius 1 is 1.20 bits per heavy atom. The number of nitrogens with zero attached hydrogens (tertiary/aromatic N) is 1. The fourth-order valence-corrected chi connectivity index (χ4v) is 3.52. The van der Waals surface area contributed by atoms with Gasteiger partial charge in [0, 0.05) is 19.0 Å². The van der Waals surface area contributed by atoms with E-state index < -0.39 is 0 Å². The van der Waals surface area contributed by atoms with Gasteiger partial charge in [-0.1, -0.05) is 33.1 Å². The Hall–Kier alpha value is -1.06. The number of amides is 2. The van der Waals surface area contributed by atoms with E-state index in [0.717, 1.165) is 19.4 Å². The Morgan fingerprint density at radius 3 is 2.45 bits per heavy atom. The predicted molar refractivity (Wildman–Crippen MR) is 79.1 cm³/mol. The number of rotatable bonds is 3. The van der Waals surface area contributed by atoms with Crippen molar-refractivity contribution in [3.8, 4) is 0 Å². The van der Waals surface area contributed by atoms with E-state index in [1.807, 2.05) is 11.8 Å². The monoisotopic (exact) mass is 280 g/mol. The standard InChI is InChI=1S/C16H28N2O2/c1-11(2)10-18-12(3)9-14(19)17-15(16(18)20)13-7-5-4-6-8-13/h11-13,15H,4-10H2,1-3H3,(H,17,19). The Morgan fingerprint density at radius 2 is 1.85 bits per heavy atom. The lowest BCUT2D eigenvalue weighted by Crippen LogP contribution is -2.51. The lowest BCUT2D eigenvalue weighted by molar-refractivity contribution is -0.137. The van der Waals surface area contributed by atoms with E-state index >= 15 is 0 Å². The zero-order valence-electron chi connectivity index (χ0n) is 13.0. The summed E-state index contributed by atoms with van der Waals surface area (Å²) in [5.74, 6) is 0.943. The van der Waals surface area contributed by atoms with Crippen molar-refractivity contribution in [3.05, 3.63) is 0 Å². The second-order valence-corrected chi connectivity index (χ2v) is 6.88. The summed E-state index contributed by atoms with van der Waals surface area (Å²) < 4.78 is 0. The molecule has 1 aliphatic carbocycles. The summed E-state index contributed by atoms with van der Waals surface area (Å²) in [5, 5.41) is 3.00. The molecule has 1 heterocycles. The van der Waals surface area contributed by atoms with Gasteiger partial charge < -0.3 is 10.2 Å². The van der Waals surface area contributed by atoms with Crippen molar-refractivity contribution in [2.75, 3.05) is 6.54 Å². The molecule has 1 aliphatic heterocycles. The van der Waals surface area contributed by atoms with Crippen LogP contribution in [0.1, 0.15) is 59.3 Å². The van der Waals surface area contributed by atoms with Crippen molar-refractivity contribution in [2.24, 2.45) is 11.8 Å². The highest BCUT2D eigenvalue weighted by Gasteiger charge is 2.38. The summed E-state index contributed by atoms with van der Waals surface area (Å²) >= 11 is 0. The van der Waals surface area contributed by atoms with Gasteiger partial charge in [-0.25, -0.2) is 0 Å². The third-order valence-electron chi connectivity index (χ3n) is 4.56. The van der Waals surface area contributed by atoms with Crippen LogP contribution in [0.5, 0.6) is 0 Å².